The van der Waals surface area contributed by atoms with Crippen molar-refractivity contribution in [2.45, 2.75) is 26.9 Å². The first-order chi connectivity index (χ1) is 17.4. The molecule has 0 bridgehead atoms. The second-order valence-electron chi connectivity index (χ2n) is 8.91. The molecule has 8 heteroatoms. The van der Waals surface area contributed by atoms with Crippen LogP contribution < -0.4 is 15.0 Å². The first kappa shape index (κ1) is 23.3. The monoisotopic (exact) mass is 482 g/mol. The fraction of sp³-hybridized carbons (Fsp3) is 0.214. The Kier molecular flexibility index (Phi) is 6.49. The van der Waals surface area contributed by atoms with Crippen molar-refractivity contribution in [3.8, 4) is 17.2 Å². The van der Waals surface area contributed by atoms with Gasteiger partial charge in [-0.25, -0.2) is 0 Å². The lowest BCUT2D eigenvalue weighted by Gasteiger charge is -2.17. The molecule has 3 aromatic carbocycles. The quantitative estimate of drug-likeness (QED) is 0.401. The number of ether oxygens (including phenoxy) is 1. The molecule has 1 N–H and O–H groups in total. The standard InChI is InChI=1S/C28H26N4O4/c1-18-6-10-20(11-7-18)28-31-30-25(36-28)17-35-24-5-3-4-22(15-24)29-27(34)21-14-26(33)32(16-21)23-12-8-19(2)9-13-23/h3-13,15,21H,14,16-17H2,1-2H3,(H,29,34)/t21-/m1/s1. The predicted molar refractivity (Wildman–Crippen MR) is 136 cm³/mol. The summed E-state index contributed by atoms with van der Waals surface area (Å²) in [4.78, 5) is 27.1. The second-order valence-corrected chi connectivity index (χ2v) is 8.91. The van der Waals surface area contributed by atoms with E-state index in [1.54, 1.807) is 29.2 Å². The van der Waals surface area contributed by atoms with Crippen LogP contribution in [0.15, 0.2) is 77.2 Å². The van der Waals surface area contributed by atoms with Crippen molar-refractivity contribution in [2.75, 3.05) is 16.8 Å². The minimum absolute atomic E-state index is 0.0550. The van der Waals surface area contributed by atoms with Crippen LogP contribution in [0.5, 0.6) is 5.75 Å². The normalized spacial score (nSPS) is 15.2. The third-order valence-corrected chi connectivity index (χ3v) is 6.07. The number of hydrogen-bond donors (Lipinski definition) is 1. The molecule has 1 aliphatic heterocycles. The van der Waals surface area contributed by atoms with Gasteiger partial charge in [-0.3, -0.25) is 9.59 Å². The maximum Gasteiger partial charge on any atom is 0.254 e. The molecule has 2 heterocycles. The number of aryl methyl sites for hydroxylation is 2. The molecular formula is C28H26N4O4. The first-order valence-electron chi connectivity index (χ1n) is 11.7. The average Bonchev–Trinajstić information content (AvgIpc) is 3.51. The summed E-state index contributed by atoms with van der Waals surface area (Å²) in [6, 6.07) is 22.6. The SMILES string of the molecule is Cc1ccc(-c2nnc(COc3cccc(NC(=O)[C@@H]4CC(=O)N(c5ccc(C)cc5)C4)c3)o2)cc1. The molecule has 5 rings (SSSR count). The number of benzene rings is 3. The lowest BCUT2D eigenvalue weighted by atomic mass is 10.1. The Labute approximate surface area is 208 Å². The molecule has 8 nitrogen and oxygen atoms in total. The number of hydrogen-bond acceptors (Lipinski definition) is 6. The largest absolute Gasteiger partial charge is 0.484 e. The highest BCUT2D eigenvalue weighted by atomic mass is 16.5. The molecule has 1 aliphatic rings. The lowest BCUT2D eigenvalue weighted by Crippen LogP contribution is -2.28. The van der Waals surface area contributed by atoms with Crippen LogP contribution in [0.2, 0.25) is 0 Å². The molecule has 4 aromatic rings. The molecule has 182 valence electrons. The molecule has 0 unspecified atom stereocenters. The van der Waals surface area contributed by atoms with Crippen LogP contribution >= 0.6 is 0 Å². The van der Waals surface area contributed by atoms with Crippen LogP contribution in [0.4, 0.5) is 11.4 Å². The zero-order valence-electron chi connectivity index (χ0n) is 20.1. The van der Waals surface area contributed by atoms with Crippen LogP contribution in [0, 0.1) is 19.8 Å². The Morgan fingerprint density at radius 2 is 1.75 bits per heavy atom. The molecule has 0 spiro atoms. The average molecular weight is 483 g/mol. The molecule has 0 radical (unpaired) electrons. The van der Waals surface area contributed by atoms with Crippen LogP contribution in [0.1, 0.15) is 23.4 Å². The van der Waals surface area contributed by atoms with E-state index in [1.165, 1.54) is 0 Å². The van der Waals surface area contributed by atoms with Gasteiger partial charge in [0, 0.05) is 36.0 Å². The number of anilines is 2. The van der Waals surface area contributed by atoms with E-state index in [9.17, 15) is 9.59 Å². The number of carbonyl (C=O) groups excluding carboxylic acids is 2. The molecule has 1 atom stereocenters. The third-order valence-electron chi connectivity index (χ3n) is 6.07. The number of carbonyl (C=O) groups is 2. The lowest BCUT2D eigenvalue weighted by molar-refractivity contribution is -0.122. The van der Waals surface area contributed by atoms with E-state index in [-0.39, 0.29) is 24.8 Å². The van der Waals surface area contributed by atoms with Gasteiger partial charge in [0.05, 0.1) is 5.92 Å². The van der Waals surface area contributed by atoms with E-state index < -0.39 is 5.92 Å². The van der Waals surface area contributed by atoms with E-state index >= 15 is 0 Å². The highest BCUT2D eigenvalue weighted by Gasteiger charge is 2.35. The molecule has 36 heavy (non-hydrogen) atoms. The molecule has 1 saturated heterocycles. The Balaban J connectivity index is 1.18. The number of aromatic nitrogens is 2. The topological polar surface area (TPSA) is 97.6 Å². The van der Waals surface area contributed by atoms with Gasteiger partial charge in [0.1, 0.15) is 5.75 Å². The summed E-state index contributed by atoms with van der Waals surface area (Å²) in [6.07, 6.45) is 0.177. The zero-order valence-corrected chi connectivity index (χ0v) is 20.1. The fourth-order valence-corrected chi connectivity index (χ4v) is 4.04. The van der Waals surface area contributed by atoms with E-state index in [0.29, 0.717) is 29.8 Å². The number of amides is 2. The molecule has 0 aliphatic carbocycles. The highest BCUT2D eigenvalue weighted by Crippen LogP contribution is 2.27. The third kappa shape index (κ3) is 5.27. The second kappa shape index (κ2) is 10.0. The molecule has 1 aromatic heterocycles. The Bertz CT molecular complexity index is 1380. The summed E-state index contributed by atoms with van der Waals surface area (Å²) in [5, 5.41) is 11.0. The van der Waals surface area contributed by atoms with Crippen LogP contribution in [-0.2, 0) is 16.2 Å². The Morgan fingerprint density at radius 1 is 1.03 bits per heavy atom. The summed E-state index contributed by atoms with van der Waals surface area (Å²) < 4.78 is 11.5. The van der Waals surface area contributed by atoms with Crippen molar-refractivity contribution in [2.24, 2.45) is 5.92 Å². The van der Waals surface area contributed by atoms with Gasteiger partial charge in [-0.2, -0.15) is 0 Å². The van der Waals surface area contributed by atoms with E-state index in [1.807, 2.05) is 62.4 Å². The predicted octanol–water partition coefficient (Wildman–Crippen LogP) is 4.92. The highest BCUT2D eigenvalue weighted by molar-refractivity contribution is 6.03. The molecular weight excluding hydrogens is 456 g/mol. The van der Waals surface area contributed by atoms with Crippen molar-refractivity contribution < 1.29 is 18.7 Å². The van der Waals surface area contributed by atoms with Crippen LogP contribution in [-0.4, -0.2) is 28.6 Å². The van der Waals surface area contributed by atoms with Crippen molar-refractivity contribution in [3.63, 3.8) is 0 Å². The van der Waals surface area contributed by atoms with E-state index in [4.69, 9.17) is 9.15 Å². The van der Waals surface area contributed by atoms with Gasteiger partial charge in [0.25, 0.3) is 5.89 Å². The minimum atomic E-state index is -0.429. The molecule has 0 saturated carbocycles. The first-order valence-corrected chi connectivity index (χ1v) is 11.7. The van der Waals surface area contributed by atoms with Crippen LogP contribution in [0.25, 0.3) is 11.5 Å². The van der Waals surface area contributed by atoms with Gasteiger partial charge >= 0.3 is 0 Å². The number of nitrogens with one attached hydrogen (secondary N) is 1. The van der Waals surface area contributed by atoms with Crippen molar-refractivity contribution in [1.29, 1.82) is 0 Å². The summed E-state index contributed by atoms with van der Waals surface area (Å²) in [5.41, 5.74) is 4.51. The Morgan fingerprint density at radius 3 is 2.50 bits per heavy atom. The number of nitrogens with zero attached hydrogens (tertiary/aromatic N) is 3. The summed E-state index contributed by atoms with van der Waals surface area (Å²) in [7, 11) is 0. The summed E-state index contributed by atoms with van der Waals surface area (Å²) >= 11 is 0. The van der Waals surface area contributed by atoms with Crippen LogP contribution in [0.3, 0.4) is 0 Å². The van der Waals surface area contributed by atoms with E-state index in [2.05, 4.69) is 15.5 Å². The number of rotatable bonds is 7. The van der Waals surface area contributed by atoms with E-state index in [0.717, 1.165) is 22.4 Å². The minimum Gasteiger partial charge on any atom is -0.484 e. The smallest absolute Gasteiger partial charge is 0.254 e. The van der Waals surface area contributed by atoms with Gasteiger partial charge in [-0.1, -0.05) is 41.5 Å². The summed E-state index contributed by atoms with van der Waals surface area (Å²) in [5.74, 6) is 0.644. The zero-order chi connectivity index (χ0) is 25.1. The van der Waals surface area contributed by atoms with Gasteiger partial charge in [-0.15, -0.1) is 10.2 Å². The van der Waals surface area contributed by atoms with Gasteiger partial charge in [0.15, 0.2) is 6.61 Å². The fourth-order valence-electron chi connectivity index (χ4n) is 4.04. The molecule has 1 fully saturated rings. The van der Waals surface area contributed by atoms with Crippen molar-refractivity contribution in [3.05, 3.63) is 89.8 Å². The van der Waals surface area contributed by atoms with Gasteiger partial charge in [0.2, 0.25) is 17.7 Å². The maximum absolute atomic E-state index is 12.9. The van der Waals surface area contributed by atoms with Crippen molar-refractivity contribution in [1.82, 2.24) is 10.2 Å². The summed E-state index contributed by atoms with van der Waals surface area (Å²) in [6.45, 7) is 4.46. The van der Waals surface area contributed by atoms with Gasteiger partial charge < -0.3 is 19.4 Å². The van der Waals surface area contributed by atoms with Gasteiger partial charge in [-0.05, 0) is 50.2 Å². The maximum atomic E-state index is 12.9. The van der Waals surface area contributed by atoms with Crippen molar-refractivity contribution >= 4 is 23.2 Å². The Hall–Kier alpha value is -4.46. The molecule has 2 amide bonds.